The Balaban J connectivity index is 2.11. The number of carbonyl (C=O) groups excluding carboxylic acids is 1. The Labute approximate surface area is 126 Å². The summed E-state index contributed by atoms with van der Waals surface area (Å²) in [6, 6.07) is 6.51. The fraction of sp³-hybridized carbons (Fsp3) is 0.438. The highest BCUT2D eigenvalue weighted by molar-refractivity contribution is 6.23. The number of ketones is 1. The molecule has 118 valence electrons. The standard InChI is InChI=1S/C16H16F3NO2/c17-16(18,19)15(22)13-8-20-7-3-4-10(9-21)14(20)12-6-2-1-5-11(12)13/h1-2,5-6,8,10,14,21H,3-4,7,9H2. The number of carbonyl (C=O) groups is 1. The van der Waals surface area contributed by atoms with Crippen molar-refractivity contribution in [2.45, 2.75) is 25.1 Å². The molecule has 1 fully saturated rings. The first-order valence-corrected chi connectivity index (χ1v) is 7.22. The van der Waals surface area contributed by atoms with Crippen LogP contribution in [0, 0.1) is 5.92 Å². The molecule has 2 atom stereocenters. The predicted octanol–water partition coefficient (Wildman–Crippen LogP) is 2.92. The third-order valence-electron chi connectivity index (χ3n) is 4.40. The predicted molar refractivity (Wildman–Crippen MR) is 74.7 cm³/mol. The van der Waals surface area contributed by atoms with Crippen molar-refractivity contribution in [3.63, 3.8) is 0 Å². The summed E-state index contributed by atoms with van der Waals surface area (Å²) in [5.74, 6) is -1.85. The summed E-state index contributed by atoms with van der Waals surface area (Å²) in [7, 11) is 0. The van der Waals surface area contributed by atoms with Gasteiger partial charge in [-0.25, -0.2) is 0 Å². The first kappa shape index (κ1) is 15.1. The molecule has 3 nitrogen and oxygen atoms in total. The molecular weight excluding hydrogens is 295 g/mol. The van der Waals surface area contributed by atoms with Gasteiger partial charge in [0.25, 0.3) is 5.78 Å². The van der Waals surface area contributed by atoms with Crippen LogP contribution >= 0.6 is 0 Å². The topological polar surface area (TPSA) is 40.5 Å². The Morgan fingerprint density at radius 1 is 1.32 bits per heavy atom. The maximum atomic E-state index is 12.8. The molecule has 1 saturated heterocycles. The summed E-state index contributed by atoms with van der Waals surface area (Å²) in [5.41, 5.74) is 0.709. The summed E-state index contributed by atoms with van der Waals surface area (Å²) < 4.78 is 38.5. The SMILES string of the molecule is O=C(C1=CN2CCCC(CO)C2c2ccccc21)C(F)(F)F. The highest BCUT2D eigenvalue weighted by Gasteiger charge is 2.45. The van der Waals surface area contributed by atoms with Gasteiger partial charge in [0.15, 0.2) is 0 Å². The first-order chi connectivity index (χ1) is 10.4. The minimum Gasteiger partial charge on any atom is -0.396 e. The highest BCUT2D eigenvalue weighted by Crippen LogP contribution is 2.44. The number of Topliss-reactive ketones (excluding diaryl/α,β-unsaturated/α-hetero) is 1. The lowest BCUT2D eigenvalue weighted by atomic mass is 9.79. The number of aliphatic hydroxyl groups excluding tert-OH is 1. The van der Waals surface area contributed by atoms with Gasteiger partial charge in [-0.1, -0.05) is 24.3 Å². The van der Waals surface area contributed by atoms with Crippen LogP contribution in [-0.2, 0) is 4.79 Å². The van der Waals surface area contributed by atoms with Gasteiger partial charge in [-0.2, -0.15) is 13.2 Å². The second-order valence-electron chi connectivity index (χ2n) is 5.72. The van der Waals surface area contributed by atoms with Crippen LogP contribution in [0.15, 0.2) is 30.5 Å². The maximum Gasteiger partial charge on any atom is 0.454 e. The highest BCUT2D eigenvalue weighted by atomic mass is 19.4. The molecule has 2 aliphatic heterocycles. The molecule has 0 aliphatic carbocycles. The summed E-state index contributed by atoms with van der Waals surface area (Å²) in [6.45, 7) is 0.566. The monoisotopic (exact) mass is 311 g/mol. The van der Waals surface area contributed by atoms with Crippen LogP contribution in [0.3, 0.4) is 0 Å². The molecule has 2 heterocycles. The van der Waals surface area contributed by atoms with Gasteiger partial charge in [-0.05, 0) is 24.0 Å². The molecule has 22 heavy (non-hydrogen) atoms. The molecule has 2 unspecified atom stereocenters. The van der Waals surface area contributed by atoms with Crippen molar-refractivity contribution < 1.29 is 23.1 Å². The molecule has 0 saturated carbocycles. The molecule has 0 spiro atoms. The van der Waals surface area contributed by atoms with E-state index in [1.165, 1.54) is 6.20 Å². The van der Waals surface area contributed by atoms with Crippen molar-refractivity contribution in [3.05, 3.63) is 41.6 Å². The number of alkyl halides is 3. The van der Waals surface area contributed by atoms with E-state index < -0.39 is 12.0 Å². The van der Waals surface area contributed by atoms with E-state index in [9.17, 15) is 23.1 Å². The average Bonchev–Trinajstić information content (AvgIpc) is 2.51. The van der Waals surface area contributed by atoms with Gasteiger partial charge < -0.3 is 10.0 Å². The van der Waals surface area contributed by atoms with Crippen LogP contribution in [0.4, 0.5) is 13.2 Å². The zero-order chi connectivity index (χ0) is 15.9. The van der Waals surface area contributed by atoms with E-state index in [0.29, 0.717) is 17.7 Å². The Bertz CT molecular complexity index is 624. The lowest BCUT2D eigenvalue weighted by Crippen LogP contribution is -2.40. The quantitative estimate of drug-likeness (QED) is 0.913. The fourth-order valence-electron chi connectivity index (χ4n) is 3.44. The van der Waals surface area contributed by atoms with Crippen LogP contribution in [0.5, 0.6) is 0 Å². The molecule has 1 N–H and O–H groups in total. The summed E-state index contributed by atoms with van der Waals surface area (Å²) >= 11 is 0. The van der Waals surface area contributed by atoms with Gasteiger partial charge in [0.05, 0.1) is 11.6 Å². The Morgan fingerprint density at radius 2 is 2.05 bits per heavy atom. The van der Waals surface area contributed by atoms with Crippen LogP contribution in [0.1, 0.15) is 30.0 Å². The average molecular weight is 311 g/mol. The lowest BCUT2D eigenvalue weighted by Gasteiger charge is -2.44. The first-order valence-electron chi connectivity index (χ1n) is 7.22. The molecule has 2 aliphatic rings. The summed E-state index contributed by atoms with van der Waals surface area (Å²) in [6.07, 6.45) is -1.96. The van der Waals surface area contributed by atoms with Crippen molar-refractivity contribution in [1.29, 1.82) is 0 Å². The van der Waals surface area contributed by atoms with Crippen LogP contribution in [0.2, 0.25) is 0 Å². The van der Waals surface area contributed by atoms with E-state index in [1.54, 1.807) is 29.2 Å². The van der Waals surface area contributed by atoms with Gasteiger partial charge in [0, 0.05) is 25.3 Å². The zero-order valence-electron chi connectivity index (χ0n) is 11.8. The van der Waals surface area contributed by atoms with E-state index in [4.69, 9.17) is 0 Å². The Morgan fingerprint density at radius 3 is 2.73 bits per heavy atom. The van der Waals surface area contributed by atoms with Crippen LogP contribution < -0.4 is 0 Å². The number of piperidine rings is 1. The van der Waals surface area contributed by atoms with Crippen LogP contribution in [0.25, 0.3) is 5.57 Å². The number of rotatable bonds is 2. The third kappa shape index (κ3) is 2.41. The number of nitrogens with zero attached hydrogens (tertiary/aromatic N) is 1. The van der Waals surface area contributed by atoms with Gasteiger partial charge in [0.2, 0.25) is 0 Å². The normalized spacial score (nSPS) is 24.4. The summed E-state index contributed by atoms with van der Waals surface area (Å²) in [4.78, 5) is 13.5. The molecule has 3 rings (SSSR count). The minimum absolute atomic E-state index is 0.0219. The van der Waals surface area contributed by atoms with Crippen molar-refractivity contribution in [2.75, 3.05) is 13.2 Å². The number of halogens is 3. The number of hydrogen-bond donors (Lipinski definition) is 1. The molecular formula is C16H16F3NO2. The molecule has 1 aromatic carbocycles. The van der Waals surface area contributed by atoms with Crippen LogP contribution in [-0.4, -0.2) is 35.1 Å². The van der Waals surface area contributed by atoms with E-state index in [1.807, 2.05) is 0 Å². The number of hydrogen-bond acceptors (Lipinski definition) is 3. The molecule has 0 bridgehead atoms. The molecule has 1 aromatic rings. The van der Waals surface area contributed by atoms with Crippen molar-refractivity contribution in [2.24, 2.45) is 5.92 Å². The van der Waals surface area contributed by atoms with Gasteiger partial charge in [0.1, 0.15) is 0 Å². The maximum absolute atomic E-state index is 12.8. The van der Waals surface area contributed by atoms with E-state index in [-0.39, 0.29) is 24.1 Å². The van der Waals surface area contributed by atoms with Gasteiger partial charge in [-0.15, -0.1) is 0 Å². The molecule has 0 radical (unpaired) electrons. The Kier molecular flexibility index (Phi) is 3.72. The largest absolute Gasteiger partial charge is 0.454 e. The van der Waals surface area contributed by atoms with Gasteiger partial charge in [-0.3, -0.25) is 4.79 Å². The van der Waals surface area contributed by atoms with Crippen molar-refractivity contribution >= 4 is 11.4 Å². The van der Waals surface area contributed by atoms with E-state index >= 15 is 0 Å². The third-order valence-corrected chi connectivity index (χ3v) is 4.40. The van der Waals surface area contributed by atoms with Gasteiger partial charge >= 0.3 is 6.18 Å². The second-order valence-corrected chi connectivity index (χ2v) is 5.72. The molecule has 6 heteroatoms. The Hall–Kier alpha value is -1.82. The number of allylic oxidation sites excluding steroid dienone is 1. The summed E-state index contributed by atoms with van der Waals surface area (Å²) in [5, 5.41) is 9.57. The van der Waals surface area contributed by atoms with Crippen molar-refractivity contribution in [1.82, 2.24) is 4.90 Å². The lowest BCUT2D eigenvalue weighted by molar-refractivity contribution is -0.164. The molecule has 0 aromatic heterocycles. The van der Waals surface area contributed by atoms with E-state index in [2.05, 4.69) is 0 Å². The fourth-order valence-corrected chi connectivity index (χ4v) is 3.44. The number of aliphatic hydroxyl groups is 1. The van der Waals surface area contributed by atoms with Crippen molar-refractivity contribution in [3.8, 4) is 0 Å². The minimum atomic E-state index is -4.89. The second kappa shape index (κ2) is 5.43. The zero-order valence-corrected chi connectivity index (χ0v) is 11.8. The smallest absolute Gasteiger partial charge is 0.396 e. The van der Waals surface area contributed by atoms with E-state index in [0.717, 1.165) is 12.8 Å². The number of fused-ring (bicyclic) bond motifs is 3. The number of benzene rings is 1. The molecule has 0 amide bonds.